The summed E-state index contributed by atoms with van der Waals surface area (Å²) in [5.41, 5.74) is 2.42. The minimum atomic E-state index is -4.54. The van der Waals surface area contributed by atoms with Gasteiger partial charge >= 0.3 is 6.18 Å². The summed E-state index contributed by atoms with van der Waals surface area (Å²) in [6.45, 7) is 2.48. The van der Waals surface area contributed by atoms with E-state index in [1.807, 2.05) is 6.92 Å². The van der Waals surface area contributed by atoms with E-state index in [2.05, 4.69) is 5.43 Å². The normalized spacial score (nSPS) is 16.7. The summed E-state index contributed by atoms with van der Waals surface area (Å²) in [7, 11) is 0. The molecule has 1 saturated heterocycles. The fourth-order valence-electron chi connectivity index (χ4n) is 3.16. The van der Waals surface area contributed by atoms with Crippen LogP contribution in [0.15, 0.2) is 36.4 Å². The number of ether oxygens (including phenoxy) is 1. The van der Waals surface area contributed by atoms with Crippen molar-refractivity contribution in [2.75, 3.05) is 13.2 Å². The zero-order valence-electron chi connectivity index (χ0n) is 14.5. The molecule has 0 bridgehead atoms. The molecule has 1 amide bonds. The number of carbonyl (C=O) groups excluding carboxylic acids is 1. The number of amides is 1. The van der Waals surface area contributed by atoms with E-state index in [-0.39, 0.29) is 18.5 Å². The van der Waals surface area contributed by atoms with Crippen LogP contribution in [0.25, 0.3) is 10.8 Å². The van der Waals surface area contributed by atoms with Crippen molar-refractivity contribution in [3.05, 3.63) is 42.0 Å². The molecule has 1 unspecified atom stereocenters. The second kappa shape index (κ2) is 7.53. The third-order valence-corrected chi connectivity index (χ3v) is 4.40. The Bertz CT molecular complexity index is 792. The van der Waals surface area contributed by atoms with Crippen molar-refractivity contribution in [2.45, 2.75) is 38.4 Å². The summed E-state index contributed by atoms with van der Waals surface area (Å²) in [6, 6.07) is 8.19. The first-order chi connectivity index (χ1) is 12.4. The second-order valence-corrected chi connectivity index (χ2v) is 6.36. The third kappa shape index (κ3) is 3.93. The number of hydrogen-bond acceptors (Lipinski definition) is 3. The Hall–Kier alpha value is -2.28. The van der Waals surface area contributed by atoms with Gasteiger partial charge in [-0.05, 0) is 34.9 Å². The molecule has 1 aliphatic rings. The van der Waals surface area contributed by atoms with Crippen LogP contribution in [0.2, 0.25) is 0 Å². The molecule has 1 aliphatic heterocycles. The molecule has 2 aromatic carbocycles. The van der Waals surface area contributed by atoms with Crippen LogP contribution in [0, 0.1) is 0 Å². The minimum Gasteiger partial charge on any atom is -0.494 e. The van der Waals surface area contributed by atoms with Crippen molar-refractivity contribution >= 4 is 16.7 Å². The number of nitrogens with one attached hydrogen (secondary N) is 1. The number of hydrazine groups is 1. The number of fused-ring (bicyclic) bond motifs is 1. The number of alkyl halides is 3. The fraction of sp³-hybridized carbons (Fsp3) is 0.421. The van der Waals surface area contributed by atoms with Crippen LogP contribution in [0.5, 0.6) is 5.75 Å². The molecule has 1 fully saturated rings. The molecule has 3 rings (SSSR count). The van der Waals surface area contributed by atoms with Gasteiger partial charge in [-0.1, -0.05) is 37.6 Å². The summed E-state index contributed by atoms with van der Waals surface area (Å²) in [5, 5.41) is 2.15. The van der Waals surface area contributed by atoms with Crippen molar-refractivity contribution in [1.29, 1.82) is 0 Å². The number of benzene rings is 2. The van der Waals surface area contributed by atoms with E-state index in [0.29, 0.717) is 23.1 Å². The van der Waals surface area contributed by atoms with E-state index in [0.717, 1.165) is 17.9 Å². The largest absolute Gasteiger partial charge is 0.494 e. The fourth-order valence-corrected chi connectivity index (χ4v) is 3.16. The van der Waals surface area contributed by atoms with Crippen LogP contribution < -0.4 is 10.2 Å². The lowest BCUT2D eigenvalue weighted by Gasteiger charge is -2.30. The van der Waals surface area contributed by atoms with Gasteiger partial charge in [-0.25, -0.2) is 5.01 Å². The average molecular weight is 366 g/mol. The molecular weight excluding hydrogens is 345 g/mol. The first-order valence-electron chi connectivity index (χ1n) is 8.68. The standard InChI is InChI=1S/C19H21F3N2O2/c1-2-3-10-26-14-11-13-6-4-5-7-15(13)16(12-14)18(19(20,21)22)24-9-8-17(25)23-24/h4-7,11-12,18H,2-3,8-10H2,1H3,(H,23,25). The SMILES string of the molecule is CCCCOc1cc(C(N2CCC(=O)N2)C(F)(F)F)c2ccccc2c1. The van der Waals surface area contributed by atoms with Gasteiger partial charge in [-0.3, -0.25) is 10.2 Å². The minimum absolute atomic E-state index is 0.0122. The van der Waals surface area contributed by atoms with Gasteiger partial charge in [0.05, 0.1) is 6.61 Å². The van der Waals surface area contributed by atoms with Crippen LogP contribution in [0.4, 0.5) is 13.2 Å². The summed E-state index contributed by atoms with van der Waals surface area (Å²) in [5.74, 6) is 0.00540. The van der Waals surface area contributed by atoms with Gasteiger partial charge in [0, 0.05) is 13.0 Å². The second-order valence-electron chi connectivity index (χ2n) is 6.36. The van der Waals surface area contributed by atoms with Gasteiger partial charge in [0.2, 0.25) is 5.91 Å². The Morgan fingerprint density at radius 3 is 2.69 bits per heavy atom. The lowest BCUT2D eigenvalue weighted by molar-refractivity contribution is -0.190. The van der Waals surface area contributed by atoms with Crippen LogP contribution >= 0.6 is 0 Å². The van der Waals surface area contributed by atoms with Gasteiger partial charge in [-0.2, -0.15) is 13.2 Å². The highest BCUT2D eigenvalue weighted by atomic mass is 19.4. The quantitative estimate of drug-likeness (QED) is 0.773. The molecule has 0 radical (unpaired) electrons. The lowest BCUT2D eigenvalue weighted by Crippen LogP contribution is -2.43. The van der Waals surface area contributed by atoms with Crippen LogP contribution in [0.1, 0.15) is 37.8 Å². The molecule has 0 aliphatic carbocycles. The van der Waals surface area contributed by atoms with Crippen molar-refractivity contribution in [1.82, 2.24) is 10.4 Å². The van der Waals surface area contributed by atoms with Gasteiger partial charge in [-0.15, -0.1) is 0 Å². The number of rotatable bonds is 6. The topological polar surface area (TPSA) is 41.6 Å². The highest BCUT2D eigenvalue weighted by Crippen LogP contribution is 2.42. The summed E-state index contributed by atoms with van der Waals surface area (Å²) < 4.78 is 47.4. The Kier molecular flexibility index (Phi) is 5.36. The monoisotopic (exact) mass is 366 g/mol. The predicted molar refractivity (Wildman–Crippen MR) is 92.6 cm³/mol. The first kappa shape index (κ1) is 18.5. The highest BCUT2D eigenvalue weighted by molar-refractivity contribution is 5.88. The molecule has 1 atom stereocenters. The maximum absolute atomic E-state index is 13.9. The third-order valence-electron chi connectivity index (χ3n) is 4.40. The van der Waals surface area contributed by atoms with Gasteiger partial charge < -0.3 is 4.74 Å². The molecule has 4 nitrogen and oxygen atoms in total. The van der Waals surface area contributed by atoms with Crippen LogP contribution in [-0.4, -0.2) is 30.2 Å². The maximum Gasteiger partial charge on any atom is 0.409 e. The van der Waals surface area contributed by atoms with Gasteiger partial charge in [0.15, 0.2) is 6.04 Å². The molecule has 1 N–H and O–H groups in total. The van der Waals surface area contributed by atoms with Crippen LogP contribution in [-0.2, 0) is 4.79 Å². The molecule has 26 heavy (non-hydrogen) atoms. The Morgan fingerprint density at radius 2 is 2.04 bits per heavy atom. The first-order valence-corrected chi connectivity index (χ1v) is 8.68. The smallest absolute Gasteiger partial charge is 0.409 e. The van der Waals surface area contributed by atoms with E-state index in [9.17, 15) is 18.0 Å². The summed E-state index contributed by atoms with van der Waals surface area (Å²) in [4.78, 5) is 11.5. The van der Waals surface area contributed by atoms with Crippen molar-refractivity contribution in [3.8, 4) is 5.75 Å². The molecule has 0 aromatic heterocycles. The number of halogens is 3. The molecule has 1 heterocycles. The van der Waals surface area contributed by atoms with E-state index >= 15 is 0 Å². The number of unbranched alkanes of at least 4 members (excludes halogenated alkanes) is 1. The Balaban J connectivity index is 2.08. The summed E-state index contributed by atoms with van der Waals surface area (Å²) in [6.07, 6.45) is -2.72. The summed E-state index contributed by atoms with van der Waals surface area (Å²) >= 11 is 0. The molecule has 140 valence electrons. The van der Waals surface area contributed by atoms with Crippen molar-refractivity contribution in [2.24, 2.45) is 0 Å². The van der Waals surface area contributed by atoms with Crippen molar-refractivity contribution < 1.29 is 22.7 Å². The highest BCUT2D eigenvalue weighted by Gasteiger charge is 2.47. The average Bonchev–Trinajstić information content (AvgIpc) is 3.00. The van der Waals surface area contributed by atoms with Gasteiger partial charge in [0.25, 0.3) is 0 Å². The Morgan fingerprint density at radius 1 is 1.27 bits per heavy atom. The molecule has 0 saturated carbocycles. The predicted octanol–water partition coefficient (Wildman–Crippen LogP) is 4.36. The number of hydrogen-bond donors (Lipinski definition) is 1. The van der Waals surface area contributed by atoms with Gasteiger partial charge in [0.1, 0.15) is 5.75 Å². The zero-order valence-corrected chi connectivity index (χ0v) is 14.5. The lowest BCUT2D eigenvalue weighted by atomic mass is 9.97. The number of nitrogens with zero attached hydrogens (tertiary/aromatic N) is 1. The Labute approximate surface area is 149 Å². The maximum atomic E-state index is 13.9. The van der Waals surface area contributed by atoms with E-state index in [1.54, 1.807) is 30.3 Å². The molecule has 7 heteroatoms. The van der Waals surface area contributed by atoms with Crippen LogP contribution in [0.3, 0.4) is 0 Å². The van der Waals surface area contributed by atoms with E-state index < -0.39 is 18.1 Å². The van der Waals surface area contributed by atoms with Crippen molar-refractivity contribution in [3.63, 3.8) is 0 Å². The molecular formula is C19H21F3N2O2. The molecule has 2 aromatic rings. The zero-order chi connectivity index (χ0) is 18.7. The van der Waals surface area contributed by atoms with E-state index in [1.165, 1.54) is 6.07 Å². The van der Waals surface area contributed by atoms with E-state index in [4.69, 9.17) is 4.74 Å². The molecule has 0 spiro atoms. The number of carbonyl (C=O) groups is 1.